The number of aromatic nitrogens is 3. The monoisotopic (exact) mass is 368 g/mol. The zero-order chi connectivity index (χ0) is 15.0. The summed E-state index contributed by atoms with van der Waals surface area (Å²) in [6, 6.07) is 1.96. The predicted octanol–water partition coefficient (Wildman–Crippen LogP) is 2.97. The van der Waals surface area contributed by atoms with E-state index >= 15 is 0 Å². The van der Waals surface area contributed by atoms with Crippen molar-refractivity contribution in [1.82, 2.24) is 19.7 Å². The molecule has 0 saturated carbocycles. The minimum Gasteiger partial charge on any atom is -0.337 e. The van der Waals surface area contributed by atoms with E-state index in [9.17, 15) is 4.79 Å². The van der Waals surface area contributed by atoms with Crippen LogP contribution in [0.5, 0.6) is 0 Å². The van der Waals surface area contributed by atoms with Crippen molar-refractivity contribution in [1.29, 1.82) is 0 Å². The minimum absolute atomic E-state index is 0.126. The molecule has 0 aromatic carbocycles. The normalized spacial score (nSPS) is 19.0. The van der Waals surface area contributed by atoms with Gasteiger partial charge in [0.05, 0.1) is 8.66 Å². The first-order valence-corrected chi connectivity index (χ1v) is 8.56. The van der Waals surface area contributed by atoms with Crippen LogP contribution in [-0.4, -0.2) is 38.7 Å². The van der Waals surface area contributed by atoms with Gasteiger partial charge in [0.25, 0.3) is 5.91 Å². The second-order valence-electron chi connectivity index (χ2n) is 5.46. The summed E-state index contributed by atoms with van der Waals surface area (Å²) in [4.78, 5) is 15.4. The second kappa shape index (κ2) is 5.88. The van der Waals surface area contributed by atoms with Crippen LogP contribution in [-0.2, 0) is 7.05 Å². The highest BCUT2D eigenvalue weighted by Gasteiger charge is 2.28. The van der Waals surface area contributed by atoms with Crippen molar-refractivity contribution in [2.24, 2.45) is 7.05 Å². The van der Waals surface area contributed by atoms with E-state index in [0.717, 1.165) is 46.0 Å². The summed E-state index contributed by atoms with van der Waals surface area (Å²) in [6.07, 6.45) is 3.79. The number of carbonyl (C=O) groups excluding carboxylic acids is 1. The van der Waals surface area contributed by atoms with Crippen LogP contribution in [0.4, 0.5) is 0 Å². The molecular weight excluding hydrogens is 352 g/mol. The van der Waals surface area contributed by atoms with Crippen LogP contribution in [0.3, 0.4) is 0 Å². The van der Waals surface area contributed by atoms with Crippen molar-refractivity contribution in [3.05, 3.63) is 32.4 Å². The second-order valence-corrected chi connectivity index (χ2v) is 7.83. The topological polar surface area (TPSA) is 51.0 Å². The smallest absolute Gasteiger partial charge is 0.263 e. The summed E-state index contributed by atoms with van der Waals surface area (Å²) >= 11 is 5.00. The van der Waals surface area contributed by atoms with Gasteiger partial charge in [0.15, 0.2) is 0 Å². The molecule has 112 valence electrons. The molecule has 5 nitrogen and oxygen atoms in total. The molecule has 1 aliphatic heterocycles. The Morgan fingerprint density at radius 3 is 2.95 bits per heavy atom. The molecule has 0 radical (unpaired) electrons. The third-order valence-corrected chi connectivity index (χ3v) is 6.01. The van der Waals surface area contributed by atoms with E-state index in [-0.39, 0.29) is 11.8 Å². The van der Waals surface area contributed by atoms with Crippen molar-refractivity contribution >= 4 is 33.2 Å². The fraction of sp³-hybridized carbons (Fsp3) is 0.500. The van der Waals surface area contributed by atoms with Crippen LogP contribution in [0.1, 0.15) is 39.8 Å². The quantitative estimate of drug-likeness (QED) is 0.818. The Hall–Kier alpha value is -1.21. The van der Waals surface area contributed by atoms with Crippen LogP contribution in [0.15, 0.2) is 16.2 Å². The lowest BCUT2D eigenvalue weighted by Gasteiger charge is -2.31. The molecule has 0 spiro atoms. The number of rotatable bonds is 2. The van der Waals surface area contributed by atoms with Gasteiger partial charge < -0.3 is 9.47 Å². The van der Waals surface area contributed by atoms with Gasteiger partial charge in [0, 0.05) is 26.1 Å². The Morgan fingerprint density at radius 2 is 2.33 bits per heavy atom. The molecule has 1 aliphatic rings. The summed E-state index contributed by atoms with van der Waals surface area (Å²) < 4.78 is 2.98. The van der Waals surface area contributed by atoms with Gasteiger partial charge in [-0.3, -0.25) is 4.79 Å². The molecule has 7 heteroatoms. The van der Waals surface area contributed by atoms with Crippen molar-refractivity contribution in [3.63, 3.8) is 0 Å². The predicted molar refractivity (Wildman–Crippen MR) is 85.6 cm³/mol. The lowest BCUT2D eigenvalue weighted by Crippen LogP contribution is -2.39. The third-order valence-electron chi connectivity index (χ3n) is 3.89. The number of thiophene rings is 1. The summed E-state index contributed by atoms with van der Waals surface area (Å²) in [6.45, 7) is 3.55. The van der Waals surface area contributed by atoms with Crippen LogP contribution >= 0.6 is 27.3 Å². The average Bonchev–Trinajstić information content (AvgIpc) is 3.05. The van der Waals surface area contributed by atoms with Gasteiger partial charge in [-0.25, -0.2) is 0 Å². The van der Waals surface area contributed by atoms with Crippen LogP contribution < -0.4 is 0 Å². The molecule has 2 aromatic heterocycles. The van der Waals surface area contributed by atoms with Gasteiger partial charge >= 0.3 is 0 Å². The number of amides is 1. The molecule has 2 aromatic rings. The van der Waals surface area contributed by atoms with Crippen molar-refractivity contribution in [2.45, 2.75) is 25.7 Å². The van der Waals surface area contributed by atoms with E-state index in [2.05, 4.69) is 26.1 Å². The first kappa shape index (κ1) is 14.7. The zero-order valence-electron chi connectivity index (χ0n) is 12.0. The van der Waals surface area contributed by atoms with E-state index < -0.39 is 0 Å². The molecule has 1 unspecified atom stereocenters. The van der Waals surface area contributed by atoms with Crippen molar-refractivity contribution in [2.75, 3.05) is 13.1 Å². The van der Waals surface area contributed by atoms with Crippen molar-refractivity contribution in [3.8, 4) is 0 Å². The number of halogens is 1. The van der Waals surface area contributed by atoms with E-state index in [1.54, 1.807) is 6.33 Å². The largest absolute Gasteiger partial charge is 0.337 e. The summed E-state index contributed by atoms with van der Waals surface area (Å²) in [7, 11) is 1.95. The van der Waals surface area contributed by atoms with Crippen LogP contribution in [0, 0.1) is 6.92 Å². The number of hydrogen-bond acceptors (Lipinski definition) is 4. The van der Waals surface area contributed by atoms with E-state index in [0.29, 0.717) is 0 Å². The molecule has 0 N–H and O–H groups in total. The number of nitrogens with zero attached hydrogens (tertiary/aromatic N) is 4. The Balaban J connectivity index is 1.77. The Labute approximate surface area is 136 Å². The highest BCUT2D eigenvalue weighted by atomic mass is 79.9. The number of likely N-dealkylation sites (tertiary alicyclic amines) is 1. The first-order valence-electron chi connectivity index (χ1n) is 6.95. The molecule has 1 atom stereocenters. The fourth-order valence-corrected chi connectivity index (χ4v) is 4.26. The number of aryl methyl sites for hydroxylation is 2. The molecule has 3 rings (SSSR count). The van der Waals surface area contributed by atoms with Gasteiger partial charge in [-0.1, -0.05) is 0 Å². The van der Waals surface area contributed by atoms with E-state index in [4.69, 9.17) is 0 Å². The zero-order valence-corrected chi connectivity index (χ0v) is 14.4. The maximum atomic E-state index is 12.6. The van der Waals surface area contributed by atoms with Gasteiger partial charge in [-0.05, 0) is 47.3 Å². The molecule has 3 heterocycles. The maximum absolute atomic E-state index is 12.6. The number of carbonyl (C=O) groups is 1. The minimum atomic E-state index is 0.126. The molecule has 0 aliphatic carbocycles. The average molecular weight is 369 g/mol. The molecular formula is C14H17BrN4OS. The van der Waals surface area contributed by atoms with Gasteiger partial charge in [0.2, 0.25) is 0 Å². The maximum Gasteiger partial charge on any atom is 0.263 e. The third kappa shape index (κ3) is 2.89. The van der Waals surface area contributed by atoms with Crippen LogP contribution in [0.25, 0.3) is 0 Å². The SMILES string of the molecule is Cc1cc(C(=O)N2CCCC(c3nncn3C)C2)sc1Br. The molecule has 1 saturated heterocycles. The lowest BCUT2D eigenvalue weighted by atomic mass is 9.97. The summed E-state index contributed by atoms with van der Waals surface area (Å²) in [5, 5.41) is 8.14. The Morgan fingerprint density at radius 1 is 1.52 bits per heavy atom. The highest BCUT2D eigenvalue weighted by Crippen LogP contribution is 2.31. The summed E-state index contributed by atoms with van der Waals surface area (Å²) in [5.74, 6) is 1.37. The van der Waals surface area contributed by atoms with Gasteiger partial charge in [0.1, 0.15) is 12.2 Å². The van der Waals surface area contributed by atoms with Crippen LogP contribution in [0.2, 0.25) is 0 Å². The molecule has 0 bridgehead atoms. The number of hydrogen-bond donors (Lipinski definition) is 0. The van der Waals surface area contributed by atoms with E-state index in [1.807, 2.05) is 29.5 Å². The van der Waals surface area contributed by atoms with Gasteiger partial charge in [-0.2, -0.15) is 0 Å². The molecule has 1 fully saturated rings. The molecule has 1 amide bonds. The van der Waals surface area contributed by atoms with Crippen molar-refractivity contribution < 1.29 is 4.79 Å². The standard InChI is InChI=1S/C14H17BrN4OS/c1-9-6-11(21-12(9)15)14(20)19-5-3-4-10(7-19)13-17-16-8-18(13)2/h6,8,10H,3-5,7H2,1-2H3. The van der Waals surface area contributed by atoms with Gasteiger partial charge in [-0.15, -0.1) is 21.5 Å². The highest BCUT2D eigenvalue weighted by molar-refractivity contribution is 9.11. The van der Waals surface area contributed by atoms with E-state index in [1.165, 1.54) is 11.3 Å². The number of piperidine rings is 1. The lowest BCUT2D eigenvalue weighted by molar-refractivity contribution is 0.0708. The Kier molecular flexibility index (Phi) is 4.12. The first-order chi connectivity index (χ1) is 10.1. The Bertz CT molecular complexity index is 646. The fourth-order valence-electron chi connectivity index (χ4n) is 2.76. The molecule has 21 heavy (non-hydrogen) atoms. The summed E-state index contributed by atoms with van der Waals surface area (Å²) in [5.41, 5.74) is 1.12.